The monoisotopic (exact) mass is 404 g/mol. The van der Waals surface area contributed by atoms with E-state index in [1.165, 1.54) is 10.6 Å². The lowest BCUT2D eigenvalue weighted by Crippen LogP contribution is -2.37. The SMILES string of the molecule is Cc1ccccc1N(CCCC(=O)NC(C)COc1ccccc1)S(C)(=O)=O. The van der Waals surface area contributed by atoms with Crippen molar-refractivity contribution in [2.45, 2.75) is 32.7 Å². The van der Waals surface area contributed by atoms with Gasteiger partial charge in [-0.15, -0.1) is 0 Å². The van der Waals surface area contributed by atoms with Gasteiger partial charge in [-0.05, 0) is 44.0 Å². The molecule has 0 aromatic heterocycles. The first-order chi connectivity index (χ1) is 13.3. The standard InChI is InChI=1S/C21H28N2O4S/c1-17-10-7-8-13-20(17)23(28(3,25)26)15-9-14-21(24)22-18(2)16-27-19-11-5-4-6-12-19/h4-8,10-13,18H,9,14-16H2,1-3H3,(H,22,24). The van der Waals surface area contributed by atoms with Crippen molar-refractivity contribution in [1.82, 2.24) is 5.32 Å². The summed E-state index contributed by atoms with van der Waals surface area (Å²) in [6.07, 6.45) is 1.86. The highest BCUT2D eigenvalue weighted by atomic mass is 32.2. The van der Waals surface area contributed by atoms with Gasteiger partial charge in [-0.2, -0.15) is 0 Å². The third-order valence-corrected chi connectivity index (χ3v) is 5.38. The predicted octanol–water partition coefficient (Wildman–Crippen LogP) is 3.12. The second-order valence-corrected chi connectivity index (χ2v) is 8.72. The second-order valence-electron chi connectivity index (χ2n) is 6.82. The molecule has 2 aromatic carbocycles. The van der Waals surface area contributed by atoms with Crippen molar-refractivity contribution < 1.29 is 17.9 Å². The number of nitrogens with zero attached hydrogens (tertiary/aromatic N) is 1. The third kappa shape index (κ3) is 6.88. The fraction of sp³-hybridized carbons (Fsp3) is 0.381. The van der Waals surface area contributed by atoms with Crippen molar-refractivity contribution in [1.29, 1.82) is 0 Å². The van der Waals surface area contributed by atoms with Gasteiger partial charge >= 0.3 is 0 Å². The minimum absolute atomic E-state index is 0.123. The van der Waals surface area contributed by atoms with Crippen LogP contribution in [0.15, 0.2) is 54.6 Å². The number of nitrogens with one attached hydrogen (secondary N) is 1. The van der Waals surface area contributed by atoms with Crippen LogP contribution in [0.2, 0.25) is 0 Å². The Hall–Kier alpha value is -2.54. The van der Waals surface area contributed by atoms with E-state index in [0.29, 0.717) is 18.7 Å². The van der Waals surface area contributed by atoms with Crippen LogP contribution in [-0.2, 0) is 14.8 Å². The molecule has 152 valence electrons. The van der Waals surface area contributed by atoms with Gasteiger partial charge in [0.15, 0.2) is 0 Å². The molecule has 6 nitrogen and oxygen atoms in total. The van der Waals surface area contributed by atoms with Gasteiger partial charge in [-0.25, -0.2) is 8.42 Å². The largest absolute Gasteiger partial charge is 0.491 e. The first-order valence-electron chi connectivity index (χ1n) is 9.28. The van der Waals surface area contributed by atoms with E-state index in [2.05, 4.69) is 5.32 Å². The zero-order chi connectivity index (χ0) is 20.6. The minimum Gasteiger partial charge on any atom is -0.491 e. The highest BCUT2D eigenvalue weighted by Crippen LogP contribution is 2.22. The topological polar surface area (TPSA) is 75.7 Å². The maximum Gasteiger partial charge on any atom is 0.232 e. The Bertz CT molecular complexity index is 869. The smallest absolute Gasteiger partial charge is 0.232 e. The van der Waals surface area contributed by atoms with Gasteiger partial charge in [0.1, 0.15) is 12.4 Å². The Balaban J connectivity index is 1.81. The molecule has 1 atom stereocenters. The highest BCUT2D eigenvalue weighted by Gasteiger charge is 2.19. The Kier molecular flexibility index (Phi) is 7.87. The number of carbonyl (C=O) groups is 1. The number of ether oxygens (including phenoxy) is 1. The van der Waals surface area contributed by atoms with E-state index in [1.54, 1.807) is 6.07 Å². The summed E-state index contributed by atoms with van der Waals surface area (Å²) in [6.45, 7) is 4.37. The minimum atomic E-state index is -3.42. The quantitative estimate of drug-likeness (QED) is 0.660. The van der Waals surface area contributed by atoms with Crippen LogP contribution in [0, 0.1) is 6.92 Å². The summed E-state index contributed by atoms with van der Waals surface area (Å²) in [5, 5.41) is 2.88. The summed E-state index contributed by atoms with van der Waals surface area (Å²) >= 11 is 0. The summed E-state index contributed by atoms with van der Waals surface area (Å²) in [6, 6.07) is 16.6. The molecule has 28 heavy (non-hydrogen) atoms. The first kappa shape index (κ1) is 21.8. The number of benzene rings is 2. The predicted molar refractivity (Wildman–Crippen MR) is 112 cm³/mol. The fourth-order valence-corrected chi connectivity index (χ4v) is 3.84. The van der Waals surface area contributed by atoms with Crippen molar-refractivity contribution >= 4 is 21.6 Å². The molecule has 1 N–H and O–H groups in total. The number of amides is 1. The number of anilines is 1. The molecule has 0 aliphatic heterocycles. The van der Waals surface area contributed by atoms with E-state index in [9.17, 15) is 13.2 Å². The molecule has 0 radical (unpaired) electrons. The van der Waals surface area contributed by atoms with Crippen molar-refractivity contribution in [2.75, 3.05) is 23.7 Å². The number of hydrogen-bond donors (Lipinski definition) is 1. The normalized spacial score (nSPS) is 12.2. The lowest BCUT2D eigenvalue weighted by atomic mass is 10.2. The zero-order valence-electron chi connectivity index (χ0n) is 16.6. The number of rotatable bonds is 10. The van der Waals surface area contributed by atoms with E-state index in [1.807, 2.05) is 62.4 Å². The summed E-state index contributed by atoms with van der Waals surface area (Å²) in [5.74, 6) is 0.632. The molecular weight excluding hydrogens is 376 g/mol. The molecule has 0 saturated carbocycles. The van der Waals surface area contributed by atoms with Crippen LogP contribution in [0.1, 0.15) is 25.3 Å². The first-order valence-corrected chi connectivity index (χ1v) is 11.1. The number of carbonyl (C=O) groups excluding carboxylic acids is 1. The van der Waals surface area contributed by atoms with Crippen molar-refractivity contribution in [3.8, 4) is 5.75 Å². The van der Waals surface area contributed by atoms with Crippen LogP contribution < -0.4 is 14.4 Å². The second kappa shape index (κ2) is 10.1. The zero-order valence-corrected chi connectivity index (χ0v) is 17.4. The molecular formula is C21H28N2O4S. The molecule has 7 heteroatoms. The molecule has 0 spiro atoms. The average Bonchev–Trinajstić information content (AvgIpc) is 2.64. The summed E-state index contributed by atoms with van der Waals surface area (Å²) in [5.41, 5.74) is 1.53. The van der Waals surface area contributed by atoms with E-state index < -0.39 is 10.0 Å². The lowest BCUT2D eigenvalue weighted by molar-refractivity contribution is -0.121. The fourth-order valence-electron chi connectivity index (χ4n) is 2.82. The van der Waals surface area contributed by atoms with Crippen LogP contribution in [0.5, 0.6) is 5.75 Å². The Morgan fingerprint density at radius 2 is 1.75 bits per heavy atom. The van der Waals surface area contributed by atoms with Gasteiger partial charge in [-0.1, -0.05) is 36.4 Å². The Morgan fingerprint density at radius 1 is 1.11 bits per heavy atom. The molecule has 0 saturated heterocycles. The van der Waals surface area contributed by atoms with Crippen LogP contribution >= 0.6 is 0 Å². The maximum atomic E-state index is 12.2. The number of sulfonamides is 1. The van der Waals surface area contributed by atoms with Gasteiger partial charge in [0.05, 0.1) is 18.0 Å². The molecule has 1 unspecified atom stereocenters. The van der Waals surface area contributed by atoms with E-state index >= 15 is 0 Å². The van der Waals surface area contributed by atoms with Gasteiger partial charge in [-0.3, -0.25) is 9.10 Å². The summed E-state index contributed by atoms with van der Waals surface area (Å²) in [7, 11) is -3.42. The van der Waals surface area contributed by atoms with Gasteiger partial charge < -0.3 is 10.1 Å². The van der Waals surface area contributed by atoms with Crippen LogP contribution in [0.4, 0.5) is 5.69 Å². The number of para-hydroxylation sites is 2. The van der Waals surface area contributed by atoms with Crippen molar-refractivity contribution in [2.24, 2.45) is 0 Å². The van der Waals surface area contributed by atoms with Gasteiger partial charge in [0, 0.05) is 13.0 Å². The molecule has 0 fully saturated rings. The third-order valence-electron chi connectivity index (χ3n) is 4.20. The van der Waals surface area contributed by atoms with E-state index in [4.69, 9.17) is 4.74 Å². The Labute approximate surface area is 167 Å². The van der Waals surface area contributed by atoms with Gasteiger partial charge in [0.2, 0.25) is 15.9 Å². The highest BCUT2D eigenvalue weighted by molar-refractivity contribution is 7.92. The molecule has 0 bridgehead atoms. The summed E-state index contributed by atoms with van der Waals surface area (Å²) in [4.78, 5) is 12.2. The van der Waals surface area contributed by atoms with Crippen molar-refractivity contribution in [3.05, 3.63) is 60.2 Å². The lowest BCUT2D eigenvalue weighted by Gasteiger charge is -2.24. The molecule has 1 amide bonds. The maximum absolute atomic E-state index is 12.2. The summed E-state index contributed by atoms with van der Waals surface area (Å²) < 4.78 is 31.3. The molecule has 2 aromatic rings. The van der Waals surface area contributed by atoms with Crippen LogP contribution in [0.25, 0.3) is 0 Å². The van der Waals surface area contributed by atoms with E-state index in [0.717, 1.165) is 11.3 Å². The van der Waals surface area contributed by atoms with Crippen LogP contribution in [-0.4, -0.2) is 39.8 Å². The van der Waals surface area contributed by atoms with Crippen molar-refractivity contribution in [3.63, 3.8) is 0 Å². The molecule has 0 aliphatic rings. The number of hydrogen-bond acceptors (Lipinski definition) is 4. The number of aryl methyl sites for hydroxylation is 1. The van der Waals surface area contributed by atoms with Crippen LogP contribution in [0.3, 0.4) is 0 Å². The average molecular weight is 405 g/mol. The van der Waals surface area contributed by atoms with Gasteiger partial charge in [0.25, 0.3) is 0 Å². The van der Waals surface area contributed by atoms with E-state index in [-0.39, 0.29) is 24.9 Å². The molecule has 0 heterocycles. The molecule has 0 aliphatic carbocycles. The Morgan fingerprint density at radius 3 is 2.39 bits per heavy atom. The molecule has 2 rings (SSSR count).